The minimum Gasteiger partial charge on any atom is -0.449 e. The molecule has 0 aromatic heterocycles. The lowest BCUT2D eigenvalue weighted by atomic mass is 10.1. The van der Waals surface area contributed by atoms with Crippen LogP contribution < -0.4 is 5.32 Å². The zero-order valence-corrected chi connectivity index (χ0v) is 15.5. The Morgan fingerprint density at radius 3 is 2.16 bits per heavy atom. The van der Waals surface area contributed by atoms with Crippen molar-refractivity contribution >= 4 is 21.7 Å². The van der Waals surface area contributed by atoms with Gasteiger partial charge < -0.3 is 10.1 Å². The van der Waals surface area contributed by atoms with Crippen LogP contribution in [0.2, 0.25) is 0 Å². The van der Waals surface area contributed by atoms with Gasteiger partial charge in [-0.3, -0.25) is 4.79 Å². The summed E-state index contributed by atoms with van der Waals surface area (Å²) in [5.74, 6) is -0.948. The third kappa shape index (κ3) is 5.85. The van der Waals surface area contributed by atoms with Crippen LogP contribution in [-0.4, -0.2) is 38.7 Å². The van der Waals surface area contributed by atoms with Crippen molar-refractivity contribution < 1.29 is 22.7 Å². The summed E-state index contributed by atoms with van der Waals surface area (Å²) in [5, 5.41) is 2.95. The number of carbonyl (C=O) groups excluding carboxylic acids is 2. The van der Waals surface area contributed by atoms with Crippen molar-refractivity contribution in [3.63, 3.8) is 0 Å². The summed E-state index contributed by atoms with van der Waals surface area (Å²) < 4.78 is 28.0. The van der Waals surface area contributed by atoms with E-state index >= 15 is 0 Å². The Morgan fingerprint density at radius 1 is 1.08 bits per heavy atom. The molecule has 7 heteroatoms. The lowest BCUT2D eigenvalue weighted by molar-refractivity contribution is -0.129. The SMILES string of the molecule is C[C@@H](OC(=O)c1ccc(S(C)(=O)=O)cc1)C(=O)NC1CCCCCC1. The molecule has 0 bridgehead atoms. The van der Waals surface area contributed by atoms with Crippen molar-refractivity contribution in [3.05, 3.63) is 29.8 Å². The largest absolute Gasteiger partial charge is 0.449 e. The molecule has 1 amide bonds. The van der Waals surface area contributed by atoms with Gasteiger partial charge in [-0.2, -0.15) is 0 Å². The molecule has 1 aliphatic carbocycles. The zero-order valence-electron chi connectivity index (χ0n) is 14.7. The number of hydrogen-bond donors (Lipinski definition) is 1. The van der Waals surface area contributed by atoms with Gasteiger partial charge in [0.1, 0.15) is 0 Å². The van der Waals surface area contributed by atoms with Crippen LogP contribution in [-0.2, 0) is 19.4 Å². The minimum absolute atomic E-state index is 0.128. The molecule has 1 N–H and O–H groups in total. The van der Waals surface area contributed by atoms with E-state index in [0.29, 0.717) is 0 Å². The number of nitrogens with one attached hydrogen (secondary N) is 1. The Balaban J connectivity index is 1.91. The number of hydrogen-bond acceptors (Lipinski definition) is 5. The van der Waals surface area contributed by atoms with Gasteiger partial charge in [0.05, 0.1) is 10.5 Å². The average molecular weight is 367 g/mol. The molecule has 0 heterocycles. The van der Waals surface area contributed by atoms with Crippen LogP contribution in [0.1, 0.15) is 55.8 Å². The van der Waals surface area contributed by atoms with E-state index in [9.17, 15) is 18.0 Å². The number of benzene rings is 1. The quantitative estimate of drug-likeness (QED) is 0.638. The van der Waals surface area contributed by atoms with Gasteiger partial charge in [0.25, 0.3) is 5.91 Å². The van der Waals surface area contributed by atoms with Crippen molar-refractivity contribution in [2.45, 2.75) is 62.5 Å². The normalized spacial score (nSPS) is 17.4. The molecule has 1 aromatic carbocycles. The Morgan fingerprint density at radius 2 is 1.64 bits per heavy atom. The predicted octanol–water partition coefficient (Wildman–Crippen LogP) is 2.47. The summed E-state index contributed by atoms with van der Waals surface area (Å²) in [7, 11) is -3.32. The highest BCUT2D eigenvalue weighted by Gasteiger charge is 2.22. The van der Waals surface area contributed by atoms with Crippen molar-refractivity contribution in [2.24, 2.45) is 0 Å². The number of rotatable bonds is 5. The molecule has 6 nitrogen and oxygen atoms in total. The molecular weight excluding hydrogens is 342 g/mol. The van der Waals surface area contributed by atoms with Gasteiger partial charge >= 0.3 is 5.97 Å². The van der Waals surface area contributed by atoms with Gasteiger partial charge in [0.2, 0.25) is 0 Å². The molecule has 0 unspecified atom stereocenters. The van der Waals surface area contributed by atoms with Gasteiger partial charge in [-0.15, -0.1) is 0 Å². The summed E-state index contributed by atoms with van der Waals surface area (Å²) >= 11 is 0. The summed E-state index contributed by atoms with van der Waals surface area (Å²) in [6.07, 6.45) is 6.71. The molecule has 138 valence electrons. The Labute approximate surface area is 148 Å². The molecule has 0 aliphatic heterocycles. The van der Waals surface area contributed by atoms with Crippen LogP contribution >= 0.6 is 0 Å². The summed E-state index contributed by atoms with van der Waals surface area (Å²) in [6, 6.07) is 5.61. The predicted molar refractivity (Wildman–Crippen MR) is 94.1 cm³/mol. The topological polar surface area (TPSA) is 89.5 Å². The maximum atomic E-state index is 12.2. The highest BCUT2D eigenvalue weighted by atomic mass is 32.2. The molecule has 1 aromatic rings. The summed E-state index contributed by atoms with van der Waals surface area (Å²) in [6.45, 7) is 1.54. The molecular formula is C18H25NO5S. The van der Waals surface area contributed by atoms with Crippen LogP contribution in [0, 0.1) is 0 Å². The van der Waals surface area contributed by atoms with Gasteiger partial charge in [-0.1, -0.05) is 25.7 Å². The first-order chi connectivity index (χ1) is 11.8. The maximum absolute atomic E-state index is 12.2. The number of esters is 1. The average Bonchev–Trinajstić information content (AvgIpc) is 2.82. The third-order valence-corrected chi connectivity index (χ3v) is 5.50. The standard InChI is InChI=1S/C18H25NO5S/c1-13(17(20)19-15-7-5-3-4-6-8-15)24-18(21)14-9-11-16(12-10-14)25(2,22)23/h9-13,15H,3-8H2,1-2H3,(H,19,20)/t13-/m1/s1. The number of sulfone groups is 1. The van der Waals surface area contributed by atoms with Gasteiger partial charge in [0, 0.05) is 12.3 Å². The highest BCUT2D eigenvalue weighted by Crippen LogP contribution is 2.17. The van der Waals surface area contributed by atoms with E-state index < -0.39 is 21.9 Å². The van der Waals surface area contributed by atoms with E-state index in [1.165, 1.54) is 44.0 Å². The smallest absolute Gasteiger partial charge is 0.338 e. The third-order valence-electron chi connectivity index (χ3n) is 4.37. The van der Waals surface area contributed by atoms with Gasteiger partial charge in [-0.05, 0) is 44.0 Å². The summed E-state index contributed by atoms with van der Waals surface area (Å²) in [4.78, 5) is 24.5. The Bertz CT molecular complexity index is 703. The Hall–Kier alpha value is -1.89. The first kappa shape index (κ1) is 19.4. The molecule has 1 fully saturated rings. The molecule has 1 atom stereocenters. The first-order valence-electron chi connectivity index (χ1n) is 8.59. The monoisotopic (exact) mass is 367 g/mol. The number of amides is 1. The second-order valence-electron chi connectivity index (χ2n) is 6.54. The van der Waals surface area contributed by atoms with Crippen molar-refractivity contribution in [1.82, 2.24) is 5.32 Å². The molecule has 2 rings (SSSR count). The van der Waals surface area contributed by atoms with Crippen molar-refractivity contribution in [1.29, 1.82) is 0 Å². The van der Waals surface area contributed by atoms with Crippen molar-refractivity contribution in [3.8, 4) is 0 Å². The maximum Gasteiger partial charge on any atom is 0.338 e. The number of ether oxygens (including phenoxy) is 1. The van der Waals surface area contributed by atoms with E-state index in [4.69, 9.17) is 4.74 Å². The van der Waals surface area contributed by atoms with Crippen LogP contribution in [0.5, 0.6) is 0 Å². The fourth-order valence-electron chi connectivity index (χ4n) is 2.86. The van der Waals surface area contributed by atoms with Crippen LogP contribution in [0.25, 0.3) is 0 Å². The van der Waals surface area contributed by atoms with E-state index in [1.807, 2.05) is 0 Å². The Kier molecular flexibility index (Phi) is 6.58. The van der Waals surface area contributed by atoms with Crippen molar-refractivity contribution in [2.75, 3.05) is 6.26 Å². The molecule has 1 saturated carbocycles. The van der Waals surface area contributed by atoms with Crippen LogP contribution in [0.4, 0.5) is 0 Å². The van der Waals surface area contributed by atoms with Gasteiger partial charge in [-0.25, -0.2) is 13.2 Å². The van der Waals surface area contributed by atoms with E-state index in [0.717, 1.165) is 31.9 Å². The highest BCUT2D eigenvalue weighted by molar-refractivity contribution is 7.90. The van der Waals surface area contributed by atoms with E-state index in [1.54, 1.807) is 0 Å². The molecule has 0 radical (unpaired) electrons. The van der Waals surface area contributed by atoms with Gasteiger partial charge in [0.15, 0.2) is 15.9 Å². The zero-order chi connectivity index (χ0) is 18.4. The molecule has 0 spiro atoms. The fourth-order valence-corrected chi connectivity index (χ4v) is 3.49. The fraction of sp³-hybridized carbons (Fsp3) is 0.556. The first-order valence-corrected chi connectivity index (χ1v) is 10.5. The lowest BCUT2D eigenvalue weighted by Crippen LogP contribution is -2.41. The lowest BCUT2D eigenvalue weighted by Gasteiger charge is -2.19. The molecule has 25 heavy (non-hydrogen) atoms. The minimum atomic E-state index is -3.32. The van der Waals surface area contributed by atoms with E-state index in [-0.39, 0.29) is 22.4 Å². The second kappa shape index (κ2) is 8.47. The number of carbonyl (C=O) groups is 2. The molecule has 0 saturated heterocycles. The second-order valence-corrected chi connectivity index (χ2v) is 8.56. The van der Waals surface area contributed by atoms with Crippen LogP contribution in [0.15, 0.2) is 29.2 Å². The summed E-state index contributed by atoms with van der Waals surface area (Å²) in [5.41, 5.74) is 0.210. The van der Waals surface area contributed by atoms with E-state index in [2.05, 4.69) is 5.32 Å². The molecule has 1 aliphatic rings. The van der Waals surface area contributed by atoms with Crippen LogP contribution in [0.3, 0.4) is 0 Å².